The number of rotatable bonds is 6. The average Bonchev–Trinajstić information content (AvgIpc) is 2.66. The Kier molecular flexibility index (Phi) is 5.65. The van der Waals surface area contributed by atoms with Gasteiger partial charge < -0.3 is 10.3 Å². The fraction of sp³-hybridized carbons (Fsp3) is 0.158. The van der Waals surface area contributed by atoms with Gasteiger partial charge >= 0.3 is 0 Å². The van der Waals surface area contributed by atoms with E-state index < -0.39 is 11.4 Å². The van der Waals surface area contributed by atoms with Crippen molar-refractivity contribution in [2.45, 2.75) is 19.4 Å². The molecule has 0 spiro atoms. The second-order valence-electron chi connectivity index (χ2n) is 5.86. The Labute approximate surface area is 153 Å². The van der Waals surface area contributed by atoms with E-state index in [9.17, 15) is 18.4 Å². The first-order valence-corrected chi connectivity index (χ1v) is 8.24. The number of carbonyl (C=O) groups is 1. The van der Waals surface area contributed by atoms with E-state index in [-0.39, 0.29) is 42.6 Å². The maximum Gasteiger partial charge on any atom is 0.273 e. The zero-order valence-corrected chi connectivity index (χ0v) is 14.2. The van der Waals surface area contributed by atoms with Crippen molar-refractivity contribution in [2.75, 3.05) is 0 Å². The second kappa shape index (κ2) is 8.31. The number of hydrogen-bond donors (Lipinski definition) is 2. The van der Waals surface area contributed by atoms with Crippen LogP contribution in [0.1, 0.15) is 17.7 Å². The summed E-state index contributed by atoms with van der Waals surface area (Å²) >= 11 is 0. The third-order valence-corrected chi connectivity index (χ3v) is 3.85. The number of amides is 1. The zero-order chi connectivity index (χ0) is 19.2. The van der Waals surface area contributed by atoms with Gasteiger partial charge in [0, 0.05) is 24.9 Å². The Morgan fingerprint density at radius 2 is 1.81 bits per heavy atom. The summed E-state index contributed by atoms with van der Waals surface area (Å²) in [6.07, 6.45) is 0.166. The highest BCUT2D eigenvalue weighted by atomic mass is 19.1. The normalized spacial score (nSPS) is 10.6. The quantitative estimate of drug-likeness (QED) is 0.697. The van der Waals surface area contributed by atoms with Gasteiger partial charge in [0.25, 0.3) is 5.56 Å². The molecule has 3 aromatic rings. The van der Waals surface area contributed by atoms with E-state index in [1.54, 1.807) is 18.2 Å². The molecule has 6 nitrogen and oxygen atoms in total. The lowest BCUT2D eigenvalue weighted by molar-refractivity contribution is -0.121. The van der Waals surface area contributed by atoms with E-state index in [1.165, 1.54) is 30.3 Å². The molecule has 27 heavy (non-hydrogen) atoms. The number of nitrogens with zero attached hydrogens (tertiary/aromatic N) is 2. The molecule has 138 valence electrons. The van der Waals surface area contributed by atoms with E-state index in [0.29, 0.717) is 5.56 Å². The van der Waals surface area contributed by atoms with Crippen LogP contribution in [0.4, 0.5) is 8.78 Å². The maximum atomic E-state index is 13.3. The molecule has 0 aliphatic carbocycles. The first-order valence-electron chi connectivity index (χ1n) is 8.24. The lowest BCUT2D eigenvalue weighted by Crippen LogP contribution is -2.25. The lowest BCUT2D eigenvalue weighted by Gasteiger charge is -2.05. The fourth-order valence-corrected chi connectivity index (χ4v) is 2.41. The predicted octanol–water partition coefficient (Wildman–Crippen LogP) is 2.36. The Morgan fingerprint density at radius 1 is 1.04 bits per heavy atom. The molecule has 1 heterocycles. The highest BCUT2D eigenvalue weighted by molar-refractivity contribution is 5.76. The van der Waals surface area contributed by atoms with Crippen molar-refractivity contribution in [3.63, 3.8) is 0 Å². The summed E-state index contributed by atoms with van der Waals surface area (Å²) in [5.41, 5.74) is 0.813. The minimum atomic E-state index is -0.476. The molecule has 1 aromatic heterocycles. The number of benzene rings is 2. The number of aromatic amines is 1. The number of halogens is 2. The molecule has 0 aliphatic rings. The third kappa shape index (κ3) is 5.04. The van der Waals surface area contributed by atoms with E-state index in [0.717, 1.165) is 5.56 Å². The van der Waals surface area contributed by atoms with Crippen LogP contribution in [0.5, 0.6) is 0 Å². The molecule has 2 aromatic carbocycles. The van der Waals surface area contributed by atoms with Crippen molar-refractivity contribution in [3.8, 4) is 11.4 Å². The molecule has 0 saturated carbocycles. The zero-order valence-electron chi connectivity index (χ0n) is 14.2. The van der Waals surface area contributed by atoms with Gasteiger partial charge in [-0.3, -0.25) is 9.59 Å². The first kappa shape index (κ1) is 18.4. The molecule has 0 bridgehead atoms. The van der Waals surface area contributed by atoms with Crippen LogP contribution in [0.15, 0.2) is 53.3 Å². The van der Waals surface area contributed by atoms with Crippen LogP contribution in [0.2, 0.25) is 0 Å². The molecule has 8 heteroatoms. The van der Waals surface area contributed by atoms with Gasteiger partial charge in [-0.1, -0.05) is 24.3 Å². The van der Waals surface area contributed by atoms with Gasteiger partial charge in [-0.25, -0.2) is 8.78 Å². The summed E-state index contributed by atoms with van der Waals surface area (Å²) in [6, 6.07) is 11.4. The van der Waals surface area contributed by atoms with E-state index in [4.69, 9.17) is 0 Å². The molecular weight excluding hydrogens is 354 g/mol. The average molecular weight is 370 g/mol. The Morgan fingerprint density at radius 3 is 2.52 bits per heavy atom. The lowest BCUT2D eigenvalue weighted by atomic mass is 10.2. The van der Waals surface area contributed by atoms with E-state index in [1.807, 2.05) is 0 Å². The van der Waals surface area contributed by atoms with Gasteiger partial charge in [0.1, 0.15) is 17.3 Å². The molecule has 0 radical (unpaired) electrons. The minimum absolute atomic E-state index is 0.0538. The van der Waals surface area contributed by atoms with Crippen LogP contribution >= 0.6 is 0 Å². The summed E-state index contributed by atoms with van der Waals surface area (Å²) in [5, 5.41) is 10.4. The Balaban J connectivity index is 1.57. The smallest absolute Gasteiger partial charge is 0.273 e. The molecule has 0 fully saturated rings. The number of aromatic nitrogens is 3. The minimum Gasteiger partial charge on any atom is -0.352 e. The molecule has 2 N–H and O–H groups in total. The van der Waals surface area contributed by atoms with Gasteiger partial charge in [-0.15, -0.1) is 10.2 Å². The second-order valence-corrected chi connectivity index (χ2v) is 5.86. The SMILES string of the molecule is O=C(CCc1nnc(-c2cccc(F)c2)[nH]c1=O)NCc1ccc(F)cc1. The summed E-state index contributed by atoms with van der Waals surface area (Å²) in [5.74, 6) is -0.902. The van der Waals surface area contributed by atoms with E-state index in [2.05, 4.69) is 20.5 Å². The Bertz CT molecular complexity index is 1000. The van der Waals surface area contributed by atoms with Crippen molar-refractivity contribution in [1.29, 1.82) is 0 Å². The molecule has 0 aliphatic heterocycles. The van der Waals surface area contributed by atoms with Crippen molar-refractivity contribution < 1.29 is 13.6 Å². The summed E-state index contributed by atoms with van der Waals surface area (Å²) in [4.78, 5) is 26.6. The van der Waals surface area contributed by atoms with Crippen LogP contribution < -0.4 is 10.9 Å². The fourth-order valence-electron chi connectivity index (χ4n) is 2.41. The van der Waals surface area contributed by atoms with E-state index >= 15 is 0 Å². The molecule has 3 rings (SSSR count). The Hall–Kier alpha value is -3.42. The summed E-state index contributed by atoms with van der Waals surface area (Å²) in [6.45, 7) is 0.264. The monoisotopic (exact) mass is 370 g/mol. The topological polar surface area (TPSA) is 87.7 Å². The first-order chi connectivity index (χ1) is 13.0. The largest absolute Gasteiger partial charge is 0.352 e. The molecule has 0 saturated heterocycles. The number of nitrogens with one attached hydrogen (secondary N) is 2. The van der Waals surface area contributed by atoms with Gasteiger partial charge in [0.2, 0.25) is 5.91 Å². The van der Waals surface area contributed by atoms with Crippen molar-refractivity contribution in [2.24, 2.45) is 0 Å². The van der Waals surface area contributed by atoms with Crippen LogP contribution in [-0.2, 0) is 17.8 Å². The number of H-pyrrole nitrogens is 1. The number of aryl methyl sites for hydroxylation is 1. The van der Waals surface area contributed by atoms with Crippen LogP contribution in [0.3, 0.4) is 0 Å². The highest BCUT2D eigenvalue weighted by Gasteiger charge is 2.10. The summed E-state index contributed by atoms with van der Waals surface area (Å²) in [7, 11) is 0. The third-order valence-electron chi connectivity index (χ3n) is 3.85. The standard InChI is InChI=1S/C19H16F2N4O2/c20-14-6-4-12(5-7-14)11-22-17(26)9-8-16-19(27)23-18(25-24-16)13-2-1-3-15(21)10-13/h1-7,10H,8-9,11H2,(H,22,26)(H,23,25,27). The van der Waals surface area contributed by atoms with Crippen LogP contribution in [0.25, 0.3) is 11.4 Å². The molecule has 0 unspecified atom stereocenters. The maximum absolute atomic E-state index is 13.3. The van der Waals surface area contributed by atoms with Crippen molar-refractivity contribution in [3.05, 3.63) is 81.8 Å². The van der Waals surface area contributed by atoms with Crippen molar-refractivity contribution >= 4 is 5.91 Å². The van der Waals surface area contributed by atoms with Crippen LogP contribution in [-0.4, -0.2) is 21.1 Å². The summed E-state index contributed by atoms with van der Waals surface area (Å²) < 4.78 is 26.1. The molecule has 1 amide bonds. The predicted molar refractivity (Wildman–Crippen MR) is 94.6 cm³/mol. The number of hydrogen-bond acceptors (Lipinski definition) is 4. The molecular formula is C19H16F2N4O2. The molecule has 0 atom stereocenters. The van der Waals surface area contributed by atoms with Crippen molar-refractivity contribution in [1.82, 2.24) is 20.5 Å². The van der Waals surface area contributed by atoms with Gasteiger partial charge in [-0.2, -0.15) is 0 Å². The van der Waals surface area contributed by atoms with Gasteiger partial charge in [0.05, 0.1) is 0 Å². The van der Waals surface area contributed by atoms with Gasteiger partial charge in [-0.05, 0) is 29.8 Å². The van der Waals surface area contributed by atoms with Gasteiger partial charge in [0.15, 0.2) is 5.82 Å². The van der Waals surface area contributed by atoms with Crippen LogP contribution in [0, 0.1) is 11.6 Å². The highest BCUT2D eigenvalue weighted by Crippen LogP contribution is 2.13. The number of carbonyl (C=O) groups excluding carboxylic acids is 1.